The highest BCUT2D eigenvalue weighted by molar-refractivity contribution is 5.87. The van der Waals surface area contributed by atoms with Crippen LogP contribution in [0.25, 0.3) is 0 Å². The molecule has 0 aliphatic heterocycles. The second-order valence-electron chi connectivity index (χ2n) is 4.48. The van der Waals surface area contributed by atoms with Crippen molar-refractivity contribution in [3.8, 4) is 0 Å². The van der Waals surface area contributed by atoms with Gasteiger partial charge in [0.25, 0.3) is 0 Å². The van der Waals surface area contributed by atoms with Crippen LogP contribution in [0.5, 0.6) is 0 Å². The highest BCUT2D eigenvalue weighted by atomic mass is 19.4. The highest BCUT2D eigenvalue weighted by Gasteiger charge is 2.92. The predicted molar refractivity (Wildman–Crippen MR) is 51.7 cm³/mol. The zero-order chi connectivity index (χ0) is 20.9. The van der Waals surface area contributed by atoms with Crippen molar-refractivity contribution in [2.75, 3.05) is 0 Å². The Morgan fingerprint density at radius 2 is 1.00 bits per heavy atom. The van der Waals surface area contributed by atoms with E-state index in [1.54, 1.807) is 0 Å². The van der Waals surface area contributed by atoms with E-state index in [-0.39, 0.29) is 0 Å². The Hall–Kier alpha value is -1.70. The zero-order valence-electron chi connectivity index (χ0n) is 11.4. The first-order valence-corrected chi connectivity index (χ1v) is 5.42. The molecule has 0 radical (unpaired) electrons. The van der Waals surface area contributed by atoms with Gasteiger partial charge in [0, 0.05) is 5.57 Å². The molecule has 25 heavy (non-hydrogen) atoms. The molecule has 0 aromatic carbocycles. The number of carbonyl (C=O) groups is 1. The fourth-order valence-corrected chi connectivity index (χ4v) is 1.10. The third kappa shape index (κ3) is 3.36. The Kier molecular flexibility index (Phi) is 5.53. The predicted octanol–water partition coefficient (Wildman–Crippen LogP) is 4.80. The summed E-state index contributed by atoms with van der Waals surface area (Å²) < 4.78 is 167. The quantitative estimate of drug-likeness (QED) is 0.374. The lowest BCUT2D eigenvalue weighted by molar-refractivity contribution is -0.467. The van der Waals surface area contributed by atoms with Crippen molar-refractivity contribution in [1.82, 2.24) is 0 Å². The van der Waals surface area contributed by atoms with Crippen LogP contribution in [0.2, 0.25) is 0 Å². The number of rotatable bonds is 5. The summed E-state index contributed by atoms with van der Waals surface area (Å²) in [6.07, 6.45) is -14.9. The number of ether oxygens (including phenoxy) is 1. The number of hydrogen-bond acceptors (Lipinski definition) is 2. The number of esters is 1. The highest BCUT2D eigenvalue weighted by Crippen LogP contribution is 2.60. The Labute approximate surface area is 129 Å². The third-order valence-corrected chi connectivity index (χ3v) is 2.50. The smallest absolute Gasteiger partial charge is 0.413 e. The fraction of sp³-hybridized carbons (Fsp3) is 0.700. The molecule has 0 spiro atoms. The lowest BCUT2D eigenvalue weighted by Crippen LogP contribution is -2.72. The van der Waals surface area contributed by atoms with Gasteiger partial charge in [-0.2, -0.15) is 57.1 Å². The lowest BCUT2D eigenvalue weighted by Gasteiger charge is -2.41. The van der Waals surface area contributed by atoms with Crippen LogP contribution in [0.15, 0.2) is 12.2 Å². The average Bonchev–Trinajstić information content (AvgIpc) is 2.34. The molecule has 0 fully saturated rings. The van der Waals surface area contributed by atoms with Crippen LogP contribution in [0, 0.1) is 0 Å². The normalized spacial score (nSPS) is 17.0. The van der Waals surface area contributed by atoms with Crippen molar-refractivity contribution in [2.45, 2.75) is 42.9 Å². The SMILES string of the molecule is C=C(C)C(=O)OC(F)(C(F)(F)C(F)(F)F)C(F)(F)C(F)(F)C(F)(F)F. The molecule has 0 aromatic rings. The van der Waals surface area contributed by atoms with E-state index in [1.165, 1.54) is 0 Å². The van der Waals surface area contributed by atoms with Crippen LogP contribution in [0.4, 0.5) is 57.1 Å². The Morgan fingerprint density at radius 3 is 1.24 bits per heavy atom. The van der Waals surface area contributed by atoms with E-state index in [0.29, 0.717) is 6.92 Å². The molecule has 1 atom stereocenters. The summed E-state index contributed by atoms with van der Waals surface area (Å²) in [7, 11) is 0. The molecule has 1 unspecified atom stereocenters. The number of alkyl halides is 13. The van der Waals surface area contributed by atoms with Crippen LogP contribution < -0.4 is 0 Å². The summed E-state index contributed by atoms with van der Waals surface area (Å²) in [5, 5.41) is 0. The molecule has 0 aliphatic rings. The van der Waals surface area contributed by atoms with E-state index in [0.717, 1.165) is 0 Å². The zero-order valence-corrected chi connectivity index (χ0v) is 11.4. The monoisotopic (exact) mass is 404 g/mol. The topological polar surface area (TPSA) is 26.3 Å². The van der Waals surface area contributed by atoms with Gasteiger partial charge in [0.1, 0.15) is 0 Å². The van der Waals surface area contributed by atoms with E-state index in [9.17, 15) is 61.9 Å². The van der Waals surface area contributed by atoms with Gasteiger partial charge in [0.2, 0.25) is 0 Å². The van der Waals surface area contributed by atoms with Crippen LogP contribution >= 0.6 is 0 Å². The van der Waals surface area contributed by atoms with Crippen LogP contribution in [-0.2, 0) is 9.53 Å². The fourth-order valence-electron chi connectivity index (χ4n) is 1.10. The summed E-state index contributed by atoms with van der Waals surface area (Å²) in [6.45, 7) is 2.82. The van der Waals surface area contributed by atoms with Gasteiger partial charge in [-0.1, -0.05) is 6.58 Å². The van der Waals surface area contributed by atoms with Crippen LogP contribution in [-0.4, -0.2) is 41.9 Å². The molecule has 0 saturated carbocycles. The summed E-state index contributed by atoms with van der Waals surface area (Å²) in [5.41, 5.74) is -1.36. The molecular formula is C10H5F13O2. The van der Waals surface area contributed by atoms with Gasteiger partial charge in [-0.15, -0.1) is 0 Å². The summed E-state index contributed by atoms with van der Waals surface area (Å²) in [5.74, 6) is -33.6. The third-order valence-electron chi connectivity index (χ3n) is 2.50. The molecule has 0 bridgehead atoms. The lowest BCUT2D eigenvalue weighted by atomic mass is 9.95. The molecule has 0 N–H and O–H groups in total. The maximum Gasteiger partial charge on any atom is 0.461 e. The first-order chi connectivity index (χ1) is 10.6. The van der Waals surface area contributed by atoms with Gasteiger partial charge in [-0.25, -0.2) is 4.79 Å². The average molecular weight is 404 g/mol. The van der Waals surface area contributed by atoms with Gasteiger partial charge in [0.05, 0.1) is 0 Å². The Balaban J connectivity index is 6.72. The Bertz CT molecular complexity index is 544. The van der Waals surface area contributed by atoms with E-state index >= 15 is 0 Å². The summed E-state index contributed by atoms with van der Waals surface area (Å²) in [4.78, 5) is 10.8. The summed E-state index contributed by atoms with van der Waals surface area (Å²) >= 11 is 0. The molecule has 0 saturated heterocycles. The molecule has 148 valence electrons. The van der Waals surface area contributed by atoms with Crippen LogP contribution in [0.1, 0.15) is 6.92 Å². The molecule has 0 heterocycles. The van der Waals surface area contributed by atoms with Gasteiger partial charge in [0.15, 0.2) is 0 Å². The van der Waals surface area contributed by atoms with Crippen molar-refractivity contribution >= 4 is 5.97 Å². The second-order valence-corrected chi connectivity index (χ2v) is 4.48. The molecular weight excluding hydrogens is 399 g/mol. The van der Waals surface area contributed by atoms with Gasteiger partial charge in [-0.05, 0) is 6.92 Å². The molecule has 15 heteroatoms. The minimum absolute atomic E-state index is 0.370. The van der Waals surface area contributed by atoms with Crippen molar-refractivity contribution in [3.05, 3.63) is 12.2 Å². The molecule has 0 rings (SSSR count). The summed E-state index contributed by atoms with van der Waals surface area (Å²) in [6, 6.07) is 0. The van der Waals surface area contributed by atoms with Crippen LogP contribution in [0.3, 0.4) is 0 Å². The van der Waals surface area contributed by atoms with E-state index in [2.05, 4.69) is 11.3 Å². The minimum atomic E-state index is -7.89. The van der Waals surface area contributed by atoms with E-state index in [4.69, 9.17) is 0 Å². The molecule has 0 aromatic heterocycles. The van der Waals surface area contributed by atoms with E-state index < -0.39 is 47.5 Å². The second kappa shape index (κ2) is 5.93. The minimum Gasteiger partial charge on any atom is -0.413 e. The number of hydrogen-bond donors (Lipinski definition) is 0. The number of carbonyl (C=O) groups excluding carboxylic acids is 1. The first kappa shape index (κ1) is 23.3. The Morgan fingerprint density at radius 1 is 0.680 bits per heavy atom. The van der Waals surface area contributed by atoms with Crippen molar-refractivity contribution in [2.24, 2.45) is 0 Å². The largest absolute Gasteiger partial charge is 0.461 e. The first-order valence-electron chi connectivity index (χ1n) is 5.42. The van der Waals surface area contributed by atoms with Crippen molar-refractivity contribution < 1.29 is 66.6 Å². The van der Waals surface area contributed by atoms with E-state index in [1.807, 2.05) is 0 Å². The molecule has 0 amide bonds. The van der Waals surface area contributed by atoms with Crippen molar-refractivity contribution in [1.29, 1.82) is 0 Å². The van der Waals surface area contributed by atoms with Gasteiger partial charge in [-0.3, -0.25) is 0 Å². The van der Waals surface area contributed by atoms with Crippen molar-refractivity contribution in [3.63, 3.8) is 0 Å². The maximum absolute atomic E-state index is 13.8. The molecule has 0 aliphatic carbocycles. The molecule has 2 nitrogen and oxygen atoms in total. The maximum atomic E-state index is 13.8. The van der Waals surface area contributed by atoms with Gasteiger partial charge < -0.3 is 4.74 Å². The standard InChI is InChI=1S/C10H5F13O2/c1-3(2)4(24)25-8(17,7(15,16)10(21,22)23)5(11,12)6(13,14)9(18,19)20/h1H2,2H3. The van der Waals surface area contributed by atoms with Gasteiger partial charge >= 0.3 is 41.9 Å². The number of halogens is 13.